The Balaban J connectivity index is 0.000000267. The monoisotopic (exact) mass is 228 g/mol. The van der Waals surface area contributed by atoms with Crippen molar-refractivity contribution in [2.24, 2.45) is 0 Å². The van der Waals surface area contributed by atoms with Crippen molar-refractivity contribution in [2.45, 2.75) is 0 Å². The van der Waals surface area contributed by atoms with Gasteiger partial charge in [-0.15, -0.1) is 0 Å². The van der Waals surface area contributed by atoms with E-state index < -0.39 is 0 Å². The van der Waals surface area contributed by atoms with E-state index in [0.717, 1.165) is 0 Å². The van der Waals surface area contributed by atoms with Crippen LogP contribution in [0.5, 0.6) is 17.2 Å². The molecule has 0 aliphatic heterocycles. The van der Waals surface area contributed by atoms with Crippen LogP contribution in [0, 0.1) is 0 Å². The molecule has 3 N–H and O–H groups in total. The summed E-state index contributed by atoms with van der Waals surface area (Å²) in [6, 6.07) is 14.4. The Bertz CT molecular complexity index is 366. The molecule has 0 atom stereocenters. The van der Waals surface area contributed by atoms with Crippen LogP contribution >= 0.6 is 0 Å². The zero-order valence-corrected chi connectivity index (χ0v) is 8.04. The predicted octanol–water partition coefficient (Wildman–Crippen LogP) is 1.84. The van der Waals surface area contributed by atoms with E-state index in [9.17, 15) is 0 Å². The number of benzene rings is 2. The Hall–Kier alpha value is -1.16. The van der Waals surface area contributed by atoms with Gasteiger partial charge in [0.05, 0.1) is 0 Å². The van der Waals surface area contributed by atoms with E-state index in [1.165, 1.54) is 24.3 Å². The van der Waals surface area contributed by atoms with Crippen LogP contribution in [0.1, 0.15) is 0 Å². The van der Waals surface area contributed by atoms with Crippen molar-refractivity contribution in [3.05, 3.63) is 54.6 Å². The fourth-order valence-electron chi connectivity index (χ4n) is 0.881. The first-order valence-electron chi connectivity index (χ1n) is 4.40. The summed E-state index contributed by atoms with van der Waals surface area (Å²) in [7, 11) is 0. The van der Waals surface area contributed by atoms with Gasteiger partial charge in [-0.3, -0.25) is 0 Å². The van der Waals surface area contributed by atoms with Gasteiger partial charge < -0.3 is 15.3 Å². The Labute approximate surface area is 116 Å². The fraction of sp³-hybridized carbons (Fsp3) is 0. The average molecular weight is 228 g/mol. The third kappa shape index (κ3) is 6.35. The molecule has 0 radical (unpaired) electrons. The summed E-state index contributed by atoms with van der Waals surface area (Å²) in [6.45, 7) is 0. The van der Waals surface area contributed by atoms with Crippen LogP contribution in [0.3, 0.4) is 0 Å². The SMILES string of the molecule is Oc1ccc(O)cc1.Oc1ccccc1.[NaH]. The van der Waals surface area contributed by atoms with E-state index in [-0.39, 0.29) is 41.1 Å². The van der Waals surface area contributed by atoms with Crippen LogP contribution in [0.4, 0.5) is 0 Å². The zero-order valence-electron chi connectivity index (χ0n) is 8.04. The number of hydrogen-bond acceptors (Lipinski definition) is 3. The summed E-state index contributed by atoms with van der Waals surface area (Å²) in [5.41, 5.74) is 0. The van der Waals surface area contributed by atoms with Gasteiger partial charge in [-0.1, -0.05) is 18.2 Å². The van der Waals surface area contributed by atoms with Gasteiger partial charge in [-0.2, -0.15) is 0 Å². The Morgan fingerprint density at radius 2 is 0.812 bits per heavy atom. The third-order valence-electron chi connectivity index (χ3n) is 1.61. The first-order valence-corrected chi connectivity index (χ1v) is 4.40. The van der Waals surface area contributed by atoms with Crippen molar-refractivity contribution in [3.63, 3.8) is 0 Å². The van der Waals surface area contributed by atoms with Crippen molar-refractivity contribution in [3.8, 4) is 17.2 Å². The molecular formula is C12H13NaO3. The van der Waals surface area contributed by atoms with Gasteiger partial charge >= 0.3 is 29.6 Å². The molecule has 3 nitrogen and oxygen atoms in total. The fourth-order valence-corrected chi connectivity index (χ4v) is 0.881. The third-order valence-corrected chi connectivity index (χ3v) is 1.61. The van der Waals surface area contributed by atoms with Crippen molar-refractivity contribution in [2.75, 3.05) is 0 Å². The molecule has 0 aliphatic rings. The quantitative estimate of drug-likeness (QED) is 0.476. The number of para-hydroxylation sites is 1. The zero-order chi connectivity index (χ0) is 11.1. The predicted molar refractivity (Wildman–Crippen MR) is 65.0 cm³/mol. The van der Waals surface area contributed by atoms with Crippen LogP contribution in [-0.4, -0.2) is 44.9 Å². The van der Waals surface area contributed by atoms with Crippen molar-refractivity contribution in [1.29, 1.82) is 0 Å². The minimum absolute atomic E-state index is 0. The molecule has 0 saturated carbocycles. The first-order chi connectivity index (χ1) is 7.18. The topological polar surface area (TPSA) is 60.7 Å². The standard InChI is InChI=1S/C6H6O2.C6H6O.Na.H/c7-5-1-2-6(8)4-3-5;7-6-4-2-1-3-5-6;;/h1-4,7-8H;1-5,7H;;. The second-order valence-electron chi connectivity index (χ2n) is 2.85. The molecule has 2 aromatic rings. The van der Waals surface area contributed by atoms with Gasteiger partial charge in [0, 0.05) is 0 Å². The molecule has 0 unspecified atom stereocenters. The molecule has 0 spiro atoms. The van der Waals surface area contributed by atoms with Crippen molar-refractivity contribution < 1.29 is 15.3 Å². The van der Waals surface area contributed by atoms with E-state index >= 15 is 0 Å². The summed E-state index contributed by atoms with van der Waals surface area (Å²) in [5, 5.41) is 25.9. The summed E-state index contributed by atoms with van der Waals surface area (Å²) in [4.78, 5) is 0. The van der Waals surface area contributed by atoms with Crippen molar-refractivity contribution >= 4 is 29.6 Å². The average Bonchev–Trinajstić information content (AvgIpc) is 2.25. The summed E-state index contributed by atoms with van der Waals surface area (Å²) >= 11 is 0. The summed E-state index contributed by atoms with van der Waals surface area (Å²) in [5.74, 6) is 0.660. The molecule has 0 heterocycles. The molecule has 80 valence electrons. The number of phenols is 3. The number of aromatic hydroxyl groups is 3. The van der Waals surface area contributed by atoms with Gasteiger partial charge in [-0.25, -0.2) is 0 Å². The molecule has 2 aromatic carbocycles. The van der Waals surface area contributed by atoms with Gasteiger partial charge in [0.1, 0.15) is 17.2 Å². The van der Waals surface area contributed by atoms with E-state index in [1.54, 1.807) is 24.3 Å². The maximum absolute atomic E-state index is 8.65. The van der Waals surface area contributed by atoms with Crippen LogP contribution < -0.4 is 0 Å². The van der Waals surface area contributed by atoms with Gasteiger partial charge in [0.15, 0.2) is 0 Å². The first kappa shape index (κ1) is 14.8. The van der Waals surface area contributed by atoms with Gasteiger partial charge in [-0.05, 0) is 36.4 Å². The molecule has 0 fully saturated rings. The Kier molecular flexibility index (Phi) is 7.46. The number of hydrogen-bond donors (Lipinski definition) is 3. The molecular weight excluding hydrogens is 215 g/mol. The molecule has 0 amide bonds. The molecule has 0 bridgehead atoms. The molecule has 2 rings (SSSR count). The summed E-state index contributed by atoms with van der Waals surface area (Å²) in [6.07, 6.45) is 0. The molecule has 16 heavy (non-hydrogen) atoms. The van der Waals surface area contributed by atoms with Crippen molar-refractivity contribution in [1.82, 2.24) is 0 Å². The van der Waals surface area contributed by atoms with E-state index in [4.69, 9.17) is 15.3 Å². The number of rotatable bonds is 0. The van der Waals surface area contributed by atoms with Gasteiger partial charge in [0.2, 0.25) is 0 Å². The van der Waals surface area contributed by atoms with Crippen LogP contribution in [0.2, 0.25) is 0 Å². The molecule has 0 aliphatic carbocycles. The second-order valence-corrected chi connectivity index (χ2v) is 2.85. The molecule has 0 saturated heterocycles. The summed E-state index contributed by atoms with van der Waals surface area (Å²) < 4.78 is 0. The molecule has 4 heteroatoms. The van der Waals surface area contributed by atoms with E-state index in [0.29, 0.717) is 5.75 Å². The molecule has 0 aromatic heterocycles. The van der Waals surface area contributed by atoms with Crippen LogP contribution in [0.15, 0.2) is 54.6 Å². The normalized spacial score (nSPS) is 8.25. The Morgan fingerprint density at radius 1 is 0.500 bits per heavy atom. The van der Waals surface area contributed by atoms with E-state index in [2.05, 4.69) is 0 Å². The minimum atomic E-state index is 0. The van der Waals surface area contributed by atoms with Gasteiger partial charge in [0.25, 0.3) is 0 Å². The van der Waals surface area contributed by atoms with Crippen LogP contribution in [0.25, 0.3) is 0 Å². The number of phenolic OH excluding ortho intramolecular Hbond substituents is 3. The maximum atomic E-state index is 8.65. The van der Waals surface area contributed by atoms with Crippen LogP contribution in [-0.2, 0) is 0 Å². The Morgan fingerprint density at radius 3 is 1.06 bits per heavy atom. The van der Waals surface area contributed by atoms with E-state index in [1.807, 2.05) is 6.07 Å². The second kappa shape index (κ2) is 8.05.